The van der Waals surface area contributed by atoms with E-state index in [-0.39, 0.29) is 17.0 Å². The van der Waals surface area contributed by atoms with Gasteiger partial charge in [-0.15, -0.1) is 0 Å². The van der Waals surface area contributed by atoms with Gasteiger partial charge in [-0.2, -0.15) is 0 Å². The average Bonchev–Trinajstić information content (AvgIpc) is 2.61. The van der Waals surface area contributed by atoms with Gasteiger partial charge in [-0.05, 0) is 30.3 Å². The Balaban J connectivity index is 1.94. The molecular weight excluding hydrogens is 334 g/mol. The Morgan fingerprint density at radius 3 is 2.23 bits per heavy atom. The number of carbonyl (C=O) groups excluding carboxylic acids is 2. The number of nitrogens with one attached hydrogen (secondary N) is 3. The molecule has 0 radical (unpaired) electrons. The van der Waals surface area contributed by atoms with Crippen molar-refractivity contribution in [2.45, 2.75) is 13.5 Å². The Morgan fingerprint density at radius 1 is 1.00 bits per heavy atom. The van der Waals surface area contributed by atoms with Crippen LogP contribution in [0.1, 0.15) is 22.8 Å². The Hall–Kier alpha value is -3.45. The monoisotopic (exact) mass is 351 g/mol. The molecule has 0 aliphatic carbocycles. The van der Waals surface area contributed by atoms with Crippen LogP contribution in [0.3, 0.4) is 0 Å². The molecule has 0 aliphatic heterocycles. The van der Waals surface area contributed by atoms with Gasteiger partial charge in [0.05, 0.1) is 6.61 Å². The summed E-state index contributed by atoms with van der Waals surface area (Å²) in [5.41, 5.74) is 1.18. The van der Waals surface area contributed by atoms with Crippen molar-refractivity contribution in [2.24, 2.45) is 0 Å². The van der Waals surface area contributed by atoms with Gasteiger partial charge in [0, 0.05) is 34.8 Å². The van der Waals surface area contributed by atoms with E-state index in [1.54, 1.807) is 48.5 Å². The number of anilines is 2. The third kappa shape index (κ3) is 3.47. The van der Waals surface area contributed by atoms with Crippen LogP contribution in [0.15, 0.2) is 53.3 Å². The second-order valence-corrected chi connectivity index (χ2v) is 5.72. The molecule has 0 aliphatic rings. The summed E-state index contributed by atoms with van der Waals surface area (Å²) in [7, 11) is 0. The summed E-state index contributed by atoms with van der Waals surface area (Å²) in [5.74, 6) is -0.814. The van der Waals surface area contributed by atoms with E-state index in [4.69, 9.17) is 0 Å². The topological polar surface area (TPSA) is 111 Å². The van der Waals surface area contributed by atoms with E-state index < -0.39 is 18.1 Å². The van der Waals surface area contributed by atoms with E-state index in [1.807, 2.05) is 0 Å². The highest BCUT2D eigenvalue weighted by Gasteiger charge is 2.19. The first kappa shape index (κ1) is 17.4. The zero-order chi connectivity index (χ0) is 18.7. The van der Waals surface area contributed by atoms with Gasteiger partial charge in [0.2, 0.25) is 5.91 Å². The Kier molecular flexibility index (Phi) is 4.81. The summed E-state index contributed by atoms with van der Waals surface area (Å²) in [6, 6.07) is 13.4. The fourth-order valence-electron chi connectivity index (χ4n) is 2.75. The van der Waals surface area contributed by atoms with Crippen LogP contribution in [0.2, 0.25) is 0 Å². The van der Waals surface area contributed by atoms with Crippen LogP contribution in [0, 0.1) is 0 Å². The van der Waals surface area contributed by atoms with Crippen molar-refractivity contribution < 1.29 is 14.7 Å². The number of hydrogen-bond acceptors (Lipinski definition) is 4. The summed E-state index contributed by atoms with van der Waals surface area (Å²) in [5, 5.41) is 15.6. The molecule has 0 spiro atoms. The number of aromatic amines is 1. The van der Waals surface area contributed by atoms with Crippen LogP contribution < -0.4 is 16.2 Å². The first-order chi connectivity index (χ1) is 12.5. The molecule has 1 heterocycles. The molecule has 1 aromatic heterocycles. The Morgan fingerprint density at radius 2 is 1.62 bits per heavy atom. The lowest BCUT2D eigenvalue weighted by Crippen LogP contribution is -2.26. The number of fused-ring (bicyclic) bond motifs is 1. The van der Waals surface area contributed by atoms with Crippen LogP contribution in [0.5, 0.6) is 0 Å². The number of pyridine rings is 1. The lowest BCUT2D eigenvalue weighted by Gasteiger charge is -2.11. The molecule has 3 aromatic rings. The van der Waals surface area contributed by atoms with Crippen molar-refractivity contribution in [1.29, 1.82) is 0 Å². The van der Waals surface area contributed by atoms with Gasteiger partial charge in [0.15, 0.2) is 0 Å². The number of hydrogen-bond donors (Lipinski definition) is 4. The number of benzene rings is 2. The number of para-hydroxylation sites is 1. The SMILES string of the molecule is CC(=O)Nc1ccc(NC(=O)c2c(CO)c3ccccc3[nH]c2=O)cc1. The van der Waals surface area contributed by atoms with E-state index in [0.717, 1.165) is 0 Å². The molecule has 0 atom stereocenters. The normalized spacial score (nSPS) is 10.5. The van der Waals surface area contributed by atoms with E-state index >= 15 is 0 Å². The van der Waals surface area contributed by atoms with Gasteiger partial charge in [-0.3, -0.25) is 14.4 Å². The number of carbonyl (C=O) groups is 2. The van der Waals surface area contributed by atoms with Crippen LogP contribution in [0.25, 0.3) is 10.9 Å². The molecule has 2 amide bonds. The van der Waals surface area contributed by atoms with Crippen molar-refractivity contribution in [3.63, 3.8) is 0 Å². The zero-order valence-electron chi connectivity index (χ0n) is 14.0. The molecule has 0 saturated carbocycles. The Labute approximate surface area is 148 Å². The van der Waals surface area contributed by atoms with Gasteiger partial charge >= 0.3 is 0 Å². The first-order valence-corrected chi connectivity index (χ1v) is 7.93. The maximum atomic E-state index is 12.6. The van der Waals surface area contributed by atoms with E-state index in [1.165, 1.54) is 6.92 Å². The van der Waals surface area contributed by atoms with Crippen LogP contribution in [-0.2, 0) is 11.4 Å². The molecule has 3 rings (SSSR count). The number of aromatic nitrogens is 1. The van der Waals surface area contributed by atoms with E-state index in [9.17, 15) is 19.5 Å². The summed E-state index contributed by atoms with van der Waals surface area (Å²) >= 11 is 0. The smallest absolute Gasteiger partial charge is 0.261 e. The molecule has 7 nitrogen and oxygen atoms in total. The van der Waals surface area contributed by atoms with E-state index in [0.29, 0.717) is 22.3 Å². The molecule has 132 valence electrons. The summed E-state index contributed by atoms with van der Waals surface area (Å²) in [4.78, 5) is 38.6. The number of H-pyrrole nitrogens is 1. The van der Waals surface area contributed by atoms with Crippen molar-refractivity contribution in [2.75, 3.05) is 10.6 Å². The second kappa shape index (κ2) is 7.20. The number of aliphatic hydroxyl groups is 1. The van der Waals surface area contributed by atoms with Gasteiger partial charge < -0.3 is 20.7 Å². The van der Waals surface area contributed by atoms with Crippen molar-refractivity contribution in [3.8, 4) is 0 Å². The molecule has 0 saturated heterocycles. The molecular formula is C19H17N3O4. The maximum Gasteiger partial charge on any atom is 0.261 e. The van der Waals surface area contributed by atoms with Gasteiger partial charge in [0.25, 0.3) is 11.5 Å². The number of amides is 2. The highest BCUT2D eigenvalue weighted by Crippen LogP contribution is 2.20. The summed E-state index contributed by atoms with van der Waals surface area (Å²) in [6.07, 6.45) is 0. The largest absolute Gasteiger partial charge is 0.392 e. The quantitative estimate of drug-likeness (QED) is 0.577. The highest BCUT2D eigenvalue weighted by atomic mass is 16.3. The fourth-order valence-corrected chi connectivity index (χ4v) is 2.75. The van der Waals surface area contributed by atoms with Crippen molar-refractivity contribution >= 4 is 34.1 Å². The van der Waals surface area contributed by atoms with Crippen LogP contribution in [-0.4, -0.2) is 21.9 Å². The lowest BCUT2D eigenvalue weighted by atomic mass is 10.0. The fraction of sp³-hybridized carbons (Fsp3) is 0.105. The standard InChI is InChI=1S/C19H17N3O4/c1-11(24)20-12-6-8-13(9-7-12)21-18(25)17-15(10-23)14-4-2-3-5-16(14)22-19(17)26/h2-9,23H,10H2,1H3,(H,20,24)(H,21,25)(H,22,26). The highest BCUT2D eigenvalue weighted by molar-refractivity contribution is 6.07. The minimum atomic E-state index is -0.617. The molecule has 0 bridgehead atoms. The third-order valence-corrected chi connectivity index (χ3v) is 3.88. The predicted octanol–water partition coefficient (Wildman–Crippen LogP) is 2.23. The van der Waals surface area contributed by atoms with Crippen molar-refractivity contribution in [3.05, 3.63) is 70.0 Å². The molecule has 7 heteroatoms. The molecule has 4 N–H and O–H groups in total. The second-order valence-electron chi connectivity index (χ2n) is 5.72. The van der Waals surface area contributed by atoms with Crippen LogP contribution in [0.4, 0.5) is 11.4 Å². The number of rotatable bonds is 4. The lowest BCUT2D eigenvalue weighted by molar-refractivity contribution is -0.114. The molecule has 0 fully saturated rings. The summed E-state index contributed by atoms with van der Waals surface area (Å²) in [6.45, 7) is 0.965. The zero-order valence-corrected chi connectivity index (χ0v) is 14.0. The van der Waals surface area contributed by atoms with Crippen molar-refractivity contribution in [1.82, 2.24) is 4.98 Å². The molecule has 2 aromatic carbocycles. The molecule has 26 heavy (non-hydrogen) atoms. The van der Waals surface area contributed by atoms with Gasteiger partial charge in [-0.25, -0.2) is 0 Å². The van der Waals surface area contributed by atoms with Crippen LogP contribution >= 0.6 is 0 Å². The maximum absolute atomic E-state index is 12.6. The van der Waals surface area contributed by atoms with Gasteiger partial charge in [-0.1, -0.05) is 18.2 Å². The summed E-state index contributed by atoms with van der Waals surface area (Å²) < 4.78 is 0. The van der Waals surface area contributed by atoms with E-state index in [2.05, 4.69) is 15.6 Å². The van der Waals surface area contributed by atoms with Gasteiger partial charge in [0.1, 0.15) is 5.56 Å². The average molecular weight is 351 g/mol. The molecule has 0 unspecified atom stereocenters. The Bertz CT molecular complexity index is 1040. The minimum absolute atomic E-state index is 0.128. The third-order valence-electron chi connectivity index (χ3n) is 3.88. The minimum Gasteiger partial charge on any atom is -0.392 e. The predicted molar refractivity (Wildman–Crippen MR) is 99.2 cm³/mol. The first-order valence-electron chi connectivity index (χ1n) is 7.93. The number of aliphatic hydroxyl groups excluding tert-OH is 1.